The predicted molar refractivity (Wildman–Crippen MR) is 54.4 cm³/mol. The topological polar surface area (TPSA) is 40.5 Å². The highest BCUT2D eigenvalue weighted by atomic mass is 35.5. The van der Waals surface area contributed by atoms with Crippen LogP contribution in [0.5, 0.6) is 0 Å². The molecule has 0 aliphatic heterocycles. The normalized spacial score (nSPS) is 19.9. The molecule has 0 unspecified atom stereocenters. The Morgan fingerprint density at radius 3 is 2.15 bits per heavy atom. The summed E-state index contributed by atoms with van der Waals surface area (Å²) in [6, 6.07) is 0. The Labute approximate surface area is 85.5 Å². The van der Waals surface area contributed by atoms with Crippen molar-refractivity contribution in [1.82, 2.24) is 4.90 Å². The lowest BCUT2D eigenvalue weighted by molar-refractivity contribution is -0.140. The van der Waals surface area contributed by atoms with Gasteiger partial charge in [0.2, 0.25) is 0 Å². The van der Waals surface area contributed by atoms with Crippen LogP contribution in [0.15, 0.2) is 0 Å². The number of hydrogen-bond donors (Lipinski definition) is 1. The van der Waals surface area contributed by atoms with Gasteiger partial charge in [0.15, 0.2) is 0 Å². The molecule has 0 bridgehead atoms. The third kappa shape index (κ3) is 2.85. The van der Waals surface area contributed by atoms with Gasteiger partial charge in [-0.2, -0.15) is 0 Å². The number of nitrogens with zero attached hydrogens (tertiary/aromatic N) is 1. The van der Waals surface area contributed by atoms with Crippen molar-refractivity contribution in [3.8, 4) is 0 Å². The second-order valence-corrected chi connectivity index (χ2v) is 3.90. The molecule has 13 heavy (non-hydrogen) atoms. The molecular weight excluding hydrogens is 190 g/mol. The Hall–Kier alpha value is -0.280. The van der Waals surface area contributed by atoms with Crippen molar-refractivity contribution in [2.75, 3.05) is 14.1 Å². The molecule has 1 aliphatic carbocycles. The van der Waals surface area contributed by atoms with Gasteiger partial charge in [0.25, 0.3) is 0 Å². The molecule has 4 heteroatoms. The molecule has 1 aliphatic rings. The molecule has 1 fully saturated rings. The van der Waals surface area contributed by atoms with Crippen LogP contribution in [0.1, 0.15) is 32.1 Å². The fourth-order valence-electron chi connectivity index (χ4n) is 2.10. The van der Waals surface area contributed by atoms with Crippen LogP contribution in [0.25, 0.3) is 0 Å². The molecule has 78 valence electrons. The first-order valence-corrected chi connectivity index (χ1v) is 4.46. The van der Waals surface area contributed by atoms with E-state index in [1.54, 1.807) is 0 Å². The lowest BCUT2D eigenvalue weighted by Gasteiger charge is -2.34. The molecule has 1 saturated carbocycles. The number of carbonyl (C=O) groups is 1. The van der Waals surface area contributed by atoms with Crippen molar-refractivity contribution in [3.05, 3.63) is 0 Å². The minimum atomic E-state index is -0.675. The van der Waals surface area contributed by atoms with Crippen LogP contribution >= 0.6 is 12.4 Å². The van der Waals surface area contributed by atoms with E-state index in [4.69, 9.17) is 5.11 Å². The summed E-state index contributed by atoms with van der Waals surface area (Å²) in [7, 11) is 3.96. The third-order valence-corrected chi connectivity index (χ3v) is 2.96. The number of halogens is 1. The van der Waals surface area contributed by atoms with Gasteiger partial charge in [-0.25, -0.2) is 0 Å². The van der Waals surface area contributed by atoms with Crippen LogP contribution in [0.3, 0.4) is 0 Å². The average Bonchev–Trinajstić information content (AvgIpc) is 2.35. The molecule has 1 rings (SSSR count). The third-order valence-electron chi connectivity index (χ3n) is 2.96. The highest BCUT2D eigenvalue weighted by molar-refractivity contribution is 5.85. The molecule has 0 spiro atoms. The van der Waals surface area contributed by atoms with E-state index in [2.05, 4.69) is 4.90 Å². The number of hydrogen-bond acceptors (Lipinski definition) is 2. The Balaban J connectivity index is 0.00000144. The van der Waals surface area contributed by atoms with E-state index >= 15 is 0 Å². The maximum Gasteiger partial charge on any atom is 0.305 e. The SMILES string of the molecule is CN(C)C1(CC(=O)O)CCCC1.Cl. The largest absolute Gasteiger partial charge is 0.481 e. The first-order chi connectivity index (χ1) is 5.57. The summed E-state index contributed by atoms with van der Waals surface area (Å²) in [5.74, 6) is -0.675. The molecule has 0 amide bonds. The molecule has 3 nitrogen and oxygen atoms in total. The summed E-state index contributed by atoms with van der Waals surface area (Å²) in [6.45, 7) is 0. The van der Waals surface area contributed by atoms with Crippen molar-refractivity contribution < 1.29 is 9.90 Å². The lowest BCUT2D eigenvalue weighted by Crippen LogP contribution is -2.43. The Morgan fingerprint density at radius 1 is 1.38 bits per heavy atom. The van der Waals surface area contributed by atoms with Crippen LogP contribution in [-0.4, -0.2) is 35.6 Å². The van der Waals surface area contributed by atoms with E-state index in [1.807, 2.05) is 14.1 Å². The standard InChI is InChI=1S/C9H17NO2.ClH/c1-10(2)9(7-8(11)12)5-3-4-6-9;/h3-7H2,1-2H3,(H,11,12);1H. The summed E-state index contributed by atoms with van der Waals surface area (Å²) >= 11 is 0. The van der Waals surface area contributed by atoms with Crippen molar-refractivity contribution in [2.24, 2.45) is 0 Å². The van der Waals surface area contributed by atoms with Gasteiger partial charge in [0.05, 0.1) is 6.42 Å². The van der Waals surface area contributed by atoms with Gasteiger partial charge in [0, 0.05) is 5.54 Å². The highest BCUT2D eigenvalue weighted by Crippen LogP contribution is 2.36. The van der Waals surface area contributed by atoms with E-state index in [0.29, 0.717) is 6.42 Å². The van der Waals surface area contributed by atoms with Gasteiger partial charge < -0.3 is 10.0 Å². The summed E-state index contributed by atoms with van der Waals surface area (Å²) in [5.41, 5.74) is -0.0498. The zero-order valence-corrected chi connectivity index (χ0v) is 9.06. The molecule has 0 saturated heterocycles. The van der Waals surface area contributed by atoms with Gasteiger partial charge in [-0.1, -0.05) is 12.8 Å². The molecule has 0 aromatic heterocycles. The van der Waals surface area contributed by atoms with Crippen LogP contribution in [0.2, 0.25) is 0 Å². The van der Waals surface area contributed by atoms with E-state index < -0.39 is 5.97 Å². The van der Waals surface area contributed by atoms with Crippen molar-refractivity contribution in [1.29, 1.82) is 0 Å². The predicted octanol–water partition coefficient (Wildman–Crippen LogP) is 1.76. The maximum atomic E-state index is 10.6. The molecule has 0 aromatic rings. The second-order valence-electron chi connectivity index (χ2n) is 3.90. The molecule has 0 atom stereocenters. The van der Waals surface area contributed by atoms with Crippen LogP contribution in [0, 0.1) is 0 Å². The van der Waals surface area contributed by atoms with Gasteiger partial charge in [-0.3, -0.25) is 4.79 Å². The minimum absolute atomic E-state index is 0. The average molecular weight is 208 g/mol. The van der Waals surface area contributed by atoms with E-state index in [1.165, 1.54) is 12.8 Å². The van der Waals surface area contributed by atoms with Crippen LogP contribution in [-0.2, 0) is 4.79 Å². The Bertz CT molecular complexity index is 176. The molecule has 0 radical (unpaired) electrons. The van der Waals surface area contributed by atoms with Gasteiger partial charge >= 0.3 is 5.97 Å². The zero-order valence-electron chi connectivity index (χ0n) is 8.25. The maximum absolute atomic E-state index is 10.6. The first-order valence-electron chi connectivity index (χ1n) is 4.46. The number of carboxylic acids is 1. The molecule has 0 heterocycles. The summed E-state index contributed by atoms with van der Waals surface area (Å²) in [5, 5.41) is 8.76. The molecular formula is C9H18ClNO2. The summed E-state index contributed by atoms with van der Waals surface area (Å²) in [6.07, 6.45) is 4.70. The lowest BCUT2D eigenvalue weighted by atomic mass is 9.92. The van der Waals surface area contributed by atoms with Crippen molar-refractivity contribution >= 4 is 18.4 Å². The summed E-state index contributed by atoms with van der Waals surface area (Å²) in [4.78, 5) is 12.7. The van der Waals surface area contributed by atoms with Gasteiger partial charge in [-0.05, 0) is 26.9 Å². The Kier molecular flexibility index (Phi) is 4.71. The van der Waals surface area contributed by atoms with E-state index in [9.17, 15) is 4.79 Å². The summed E-state index contributed by atoms with van der Waals surface area (Å²) < 4.78 is 0. The van der Waals surface area contributed by atoms with Crippen LogP contribution in [0.4, 0.5) is 0 Å². The smallest absolute Gasteiger partial charge is 0.305 e. The van der Waals surface area contributed by atoms with E-state index in [0.717, 1.165) is 12.8 Å². The Morgan fingerprint density at radius 2 is 1.85 bits per heavy atom. The fraction of sp³-hybridized carbons (Fsp3) is 0.889. The molecule has 0 aromatic carbocycles. The van der Waals surface area contributed by atoms with Crippen molar-refractivity contribution in [3.63, 3.8) is 0 Å². The zero-order chi connectivity index (χ0) is 9.19. The van der Waals surface area contributed by atoms with E-state index in [-0.39, 0.29) is 17.9 Å². The number of rotatable bonds is 3. The fourth-order valence-corrected chi connectivity index (χ4v) is 2.10. The number of aliphatic carboxylic acids is 1. The van der Waals surface area contributed by atoms with Gasteiger partial charge in [-0.15, -0.1) is 12.4 Å². The van der Waals surface area contributed by atoms with Crippen LogP contribution < -0.4 is 0 Å². The first kappa shape index (κ1) is 12.7. The monoisotopic (exact) mass is 207 g/mol. The quantitative estimate of drug-likeness (QED) is 0.767. The minimum Gasteiger partial charge on any atom is -0.481 e. The second kappa shape index (κ2) is 4.82. The highest BCUT2D eigenvalue weighted by Gasteiger charge is 2.37. The number of carboxylic acid groups (broad SMARTS) is 1. The van der Waals surface area contributed by atoms with Gasteiger partial charge in [0.1, 0.15) is 0 Å². The molecule has 1 N–H and O–H groups in total. The van der Waals surface area contributed by atoms with Crippen molar-refractivity contribution in [2.45, 2.75) is 37.6 Å².